The van der Waals surface area contributed by atoms with Gasteiger partial charge < -0.3 is 20.3 Å². The first-order valence-electron chi connectivity index (χ1n) is 12.3. The lowest BCUT2D eigenvalue weighted by atomic mass is 9.76. The molecule has 0 fully saturated rings. The van der Waals surface area contributed by atoms with Gasteiger partial charge in [0, 0.05) is 55.0 Å². The number of anilines is 1. The van der Waals surface area contributed by atoms with Gasteiger partial charge in [0.1, 0.15) is 5.75 Å². The zero-order chi connectivity index (χ0) is 26.8. The van der Waals surface area contributed by atoms with Gasteiger partial charge in [0.2, 0.25) is 17.5 Å². The summed E-state index contributed by atoms with van der Waals surface area (Å²) >= 11 is 0. The Morgan fingerprint density at radius 1 is 1.14 bits per heavy atom. The van der Waals surface area contributed by atoms with Crippen LogP contribution in [0.4, 0.5) is 11.4 Å². The van der Waals surface area contributed by atoms with E-state index in [4.69, 9.17) is 4.74 Å². The molecule has 4 rings (SSSR count). The fraction of sp³-hybridized carbons (Fsp3) is 0.357. The quantitative estimate of drug-likeness (QED) is 0.230. The van der Waals surface area contributed by atoms with Gasteiger partial charge in [0.05, 0.1) is 10.3 Å². The molecule has 2 aliphatic heterocycles. The minimum Gasteiger partial charge on any atom is -0.463 e. The molecule has 2 aromatic rings. The number of amides is 2. The molecule has 2 aromatic carbocycles. The van der Waals surface area contributed by atoms with Crippen LogP contribution in [0.5, 0.6) is 5.75 Å². The first-order valence-corrected chi connectivity index (χ1v) is 12.3. The topological polar surface area (TPSA) is 114 Å². The molecule has 9 nitrogen and oxygen atoms in total. The number of nitrogens with zero attached hydrogens (tertiary/aromatic N) is 2. The van der Waals surface area contributed by atoms with Crippen LogP contribution in [-0.2, 0) is 15.0 Å². The van der Waals surface area contributed by atoms with E-state index in [0.29, 0.717) is 42.9 Å². The zero-order valence-electron chi connectivity index (χ0n) is 21.4. The average Bonchev–Trinajstić information content (AvgIpc) is 3.04. The minimum atomic E-state index is -0.910. The van der Waals surface area contributed by atoms with Gasteiger partial charge in [-0.25, -0.2) is 0 Å². The summed E-state index contributed by atoms with van der Waals surface area (Å²) < 4.78 is 6.65. The third-order valence-corrected chi connectivity index (χ3v) is 7.03. The molecule has 2 heterocycles. The van der Waals surface area contributed by atoms with Crippen LogP contribution in [0.15, 0.2) is 60.7 Å². The van der Waals surface area contributed by atoms with Crippen LogP contribution in [0.2, 0.25) is 0 Å². The van der Waals surface area contributed by atoms with Crippen LogP contribution < -0.4 is 20.3 Å². The maximum atomic E-state index is 12.7. The van der Waals surface area contributed by atoms with Gasteiger partial charge in [0.25, 0.3) is 5.69 Å². The second kappa shape index (κ2) is 10.1. The summed E-state index contributed by atoms with van der Waals surface area (Å²) in [6.07, 6.45) is 4.67. The molecular weight excluding hydrogens is 472 g/mol. The molecule has 0 saturated heterocycles. The lowest BCUT2D eigenvalue weighted by Gasteiger charge is -2.47. The summed E-state index contributed by atoms with van der Waals surface area (Å²) in [6, 6.07) is 12.6. The smallest absolute Gasteiger partial charge is 0.270 e. The number of nitro groups is 1. The predicted octanol–water partition coefficient (Wildman–Crippen LogP) is 4.08. The van der Waals surface area contributed by atoms with Crippen molar-refractivity contribution < 1.29 is 19.2 Å². The van der Waals surface area contributed by atoms with Crippen molar-refractivity contribution in [2.45, 2.75) is 44.8 Å². The number of carbonyl (C=O) groups excluding carboxylic acids is 2. The molecule has 0 aliphatic carbocycles. The van der Waals surface area contributed by atoms with Crippen LogP contribution >= 0.6 is 0 Å². The summed E-state index contributed by atoms with van der Waals surface area (Å²) in [5, 5.41) is 16.9. The number of fused-ring (bicyclic) bond motifs is 2. The number of non-ortho nitro benzene ring substituents is 1. The lowest BCUT2D eigenvalue weighted by molar-refractivity contribution is -0.384. The van der Waals surface area contributed by atoms with Gasteiger partial charge in [-0.05, 0) is 57.0 Å². The highest BCUT2D eigenvalue weighted by Crippen LogP contribution is 2.55. The summed E-state index contributed by atoms with van der Waals surface area (Å²) in [5.74, 6) is 0.267. The molecule has 2 aliphatic rings. The highest BCUT2D eigenvalue weighted by atomic mass is 16.6. The van der Waals surface area contributed by atoms with Crippen molar-refractivity contribution in [3.05, 3.63) is 81.9 Å². The van der Waals surface area contributed by atoms with E-state index in [1.165, 1.54) is 12.1 Å². The van der Waals surface area contributed by atoms with E-state index < -0.39 is 16.1 Å². The molecule has 0 bridgehead atoms. The van der Waals surface area contributed by atoms with Crippen LogP contribution in [0.1, 0.15) is 44.7 Å². The maximum absolute atomic E-state index is 12.7. The standard InChI is InChI=1S/C28H32N4O5/c1-19(2)26(34)30-16-7-15-29-25(33)13-17-31-23-9-6-5-8-22(23)27(3,4)28(31)14-12-20-18-21(32(35)36)10-11-24(20)37-28/h5-6,8-12,14,18H,1,7,13,15-17H2,2-4H3,(H,29,33)(H,30,34). The zero-order valence-corrected chi connectivity index (χ0v) is 21.4. The van der Waals surface area contributed by atoms with Gasteiger partial charge in [-0.1, -0.05) is 24.8 Å². The average molecular weight is 505 g/mol. The number of benzene rings is 2. The predicted molar refractivity (Wildman–Crippen MR) is 142 cm³/mol. The number of hydrogen-bond acceptors (Lipinski definition) is 6. The summed E-state index contributed by atoms with van der Waals surface area (Å²) in [6.45, 7) is 10.8. The fourth-order valence-electron chi connectivity index (χ4n) is 4.96. The molecule has 194 valence electrons. The second-order valence-corrected chi connectivity index (χ2v) is 9.89. The number of nitro benzene ring substituents is 1. The number of rotatable bonds is 9. The first kappa shape index (κ1) is 25.9. The van der Waals surface area contributed by atoms with Crippen LogP contribution in [0.25, 0.3) is 6.08 Å². The molecule has 0 radical (unpaired) electrons. The van der Waals surface area contributed by atoms with Crippen molar-refractivity contribution in [3.63, 3.8) is 0 Å². The van der Waals surface area contributed by atoms with Crippen LogP contribution in [0.3, 0.4) is 0 Å². The largest absolute Gasteiger partial charge is 0.463 e. The van der Waals surface area contributed by atoms with Crippen molar-refractivity contribution in [3.8, 4) is 5.75 Å². The van der Waals surface area contributed by atoms with E-state index in [1.807, 2.05) is 30.4 Å². The van der Waals surface area contributed by atoms with Gasteiger partial charge in [-0.15, -0.1) is 0 Å². The minimum absolute atomic E-state index is 0.00429. The Morgan fingerprint density at radius 2 is 1.86 bits per heavy atom. The third-order valence-electron chi connectivity index (χ3n) is 7.03. The Bertz CT molecular complexity index is 1290. The molecule has 37 heavy (non-hydrogen) atoms. The highest BCUT2D eigenvalue weighted by molar-refractivity contribution is 5.92. The Morgan fingerprint density at radius 3 is 2.59 bits per heavy atom. The number of para-hydroxylation sites is 1. The van der Waals surface area contributed by atoms with Gasteiger partial charge in [0.15, 0.2) is 0 Å². The molecule has 0 saturated carbocycles. The van der Waals surface area contributed by atoms with Crippen LogP contribution in [0, 0.1) is 10.1 Å². The Hall–Kier alpha value is -4.14. The van der Waals surface area contributed by atoms with Crippen molar-refractivity contribution in [2.75, 3.05) is 24.5 Å². The third kappa shape index (κ3) is 4.81. The summed E-state index contributed by atoms with van der Waals surface area (Å²) in [4.78, 5) is 37.2. The molecule has 0 aromatic heterocycles. The van der Waals surface area contributed by atoms with Crippen molar-refractivity contribution >= 4 is 29.3 Å². The van der Waals surface area contributed by atoms with Crippen molar-refractivity contribution in [1.82, 2.24) is 10.6 Å². The van der Waals surface area contributed by atoms with E-state index >= 15 is 0 Å². The van der Waals surface area contributed by atoms with E-state index in [0.717, 1.165) is 11.3 Å². The van der Waals surface area contributed by atoms with E-state index in [1.54, 1.807) is 13.0 Å². The monoisotopic (exact) mass is 504 g/mol. The number of ether oxygens (including phenoxy) is 1. The molecule has 1 atom stereocenters. The highest BCUT2D eigenvalue weighted by Gasteiger charge is 2.58. The Kier molecular flexibility index (Phi) is 7.07. The van der Waals surface area contributed by atoms with Gasteiger partial charge >= 0.3 is 0 Å². The summed E-state index contributed by atoms with van der Waals surface area (Å²) in [7, 11) is 0. The maximum Gasteiger partial charge on any atom is 0.270 e. The normalized spacial score (nSPS) is 18.5. The van der Waals surface area contributed by atoms with Crippen molar-refractivity contribution in [1.29, 1.82) is 0 Å². The molecule has 9 heteroatoms. The molecular formula is C28H32N4O5. The van der Waals surface area contributed by atoms with Gasteiger partial charge in [-0.3, -0.25) is 19.7 Å². The molecule has 1 spiro atoms. The SMILES string of the molecule is C=C(C)C(=O)NCCCNC(=O)CCN1c2ccccc2C(C)(C)C12C=Cc1cc([N+](=O)[O-])ccc1O2. The number of hydrogen-bond donors (Lipinski definition) is 2. The van der Waals surface area contributed by atoms with Gasteiger partial charge in [-0.2, -0.15) is 0 Å². The number of nitrogens with one attached hydrogen (secondary N) is 2. The van der Waals surface area contributed by atoms with E-state index in [2.05, 4.69) is 42.0 Å². The number of carbonyl (C=O) groups is 2. The van der Waals surface area contributed by atoms with Crippen LogP contribution in [-0.4, -0.2) is 42.1 Å². The van der Waals surface area contributed by atoms with E-state index in [9.17, 15) is 19.7 Å². The van der Waals surface area contributed by atoms with Crippen molar-refractivity contribution in [2.24, 2.45) is 0 Å². The first-order chi connectivity index (χ1) is 17.6. The Labute approximate surface area is 216 Å². The lowest BCUT2D eigenvalue weighted by Crippen LogP contribution is -2.60. The summed E-state index contributed by atoms with van der Waals surface area (Å²) in [5.41, 5.74) is 1.79. The Balaban J connectivity index is 1.49. The van der Waals surface area contributed by atoms with E-state index in [-0.39, 0.29) is 23.9 Å². The fourth-order valence-corrected chi connectivity index (χ4v) is 4.96. The second-order valence-electron chi connectivity index (χ2n) is 9.89. The molecule has 2 N–H and O–H groups in total. The molecule has 1 unspecified atom stereocenters. The molecule has 2 amide bonds.